The summed E-state index contributed by atoms with van der Waals surface area (Å²) in [5, 5.41) is 49.8. The molecule has 295 valence electrons. The predicted octanol–water partition coefficient (Wildman–Crippen LogP) is 3.05. The van der Waals surface area contributed by atoms with E-state index in [1.165, 1.54) is 52.2 Å². The second kappa shape index (κ2) is 13.4. The SMILES string of the molecule is COc1cccc2c1C(=O)c1c(O)c3c(c(O)c1C2=O)C[C@@](O)(C=O)C[C@@H]3O[C@H]1C[C@H](NC(=O)C(F)(F)F)[C@H](OC(=O)C2=CC(C)(C)N([O])C2(C)C)[C@H](C)O1. The number of aldehydes is 1. The molecule has 2 aliphatic heterocycles. The van der Waals surface area contributed by atoms with Crippen LogP contribution < -0.4 is 10.1 Å². The molecule has 0 saturated carbocycles. The first-order valence-electron chi connectivity index (χ1n) is 17.1. The number of aromatic hydroxyl groups is 2. The minimum Gasteiger partial charge on any atom is -0.507 e. The summed E-state index contributed by atoms with van der Waals surface area (Å²) in [6.45, 7) is 7.33. The lowest BCUT2D eigenvalue weighted by Gasteiger charge is -2.43. The van der Waals surface area contributed by atoms with Crippen molar-refractivity contribution in [3.05, 3.63) is 63.2 Å². The van der Waals surface area contributed by atoms with Crippen molar-refractivity contribution in [1.29, 1.82) is 0 Å². The van der Waals surface area contributed by atoms with Crippen molar-refractivity contribution >= 4 is 29.7 Å². The van der Waals surface area contributed by atoms with Gasteiger partial charge in [-0.25, -0.2) is 4.79 Å². The molecule has 0 unspecified atom stereocenters. The van der Waals surface area contributed by atoms with Crippen molar-refractivity contribution in [3.8, 4) is 17.2 Å². The van der Waals surface area contributed by atoms with Crippen LogP contribution in [0.2, 0.25) is 0 Å². The molecular weight excluding hydrogens is 737 g/mol. The number of hydrogen-bond donors (Lipinski definition) is 4. The van der Waals surface area contributed by atoms with Crippen LogP contribution in [0.25, 0.3) is 0 Å². The number of nitrogens with zero attached hydrogens (tertiary/aromatic N) is 1. The molecule has 1 amide bonds. The number of esters is 1. The Morgan fingerprint density at radius 2 is 1.71 bits per heavy atom. The van der Waals surface area contributed by atoms with Gasteiger partial charge in [-0.05, 0) is 46.8 Å². The highest BCUT2D eigenvalue weighted by Crippen LogP contribution is 2.52. The van der Waals surface area contributed by atoms with Gasteiger partial charge in [0.2, 0.25) is 5.78 Å². The van der Waals surface area contributed by atoms with Crippen molar-refractivity contribution in [2.24, 2.45) is 0 Å². The number of amides is 1. The lowest BCUT2D eigenvalue weighted by Crippen LogP contribution is -2.59. The average Bonchev–Trinajstić information content (AvgIpc) is 3.27. The zero-order valence-corrected chi connectivity index (χ0v) is 30.4. The minimum atomic E-state index is -5.37. The van der Waals surface area contributed by atoms with Gasteiger partial charge in [0.1, 0.15) is 29.0 Å². The molecule has 2 aromatic rings. The standard InChI is InChI=1S/C37H38F3N2O13/c1-15-31(55-32(48)18-12-34(2,3)42(51)35(18,4)5)19(41-33(49)37(38,39)40)10-22(53-15)54-21-13-36(50,14-43)11-17-24(21)30(47)26-25(28(17)45)27(44)16-8-7-9-20(52-6)23(16)29(26)46/h7-9,12,14-15,19,21-22,31,45,47,50H,10-11,13H2,1-6H3,(H,41,49)/t15-,19-,21-,22-,31+,36-/m0/s1. The number of methoxy groups -OCH3 is 1. The molecule has 0 spiro atoms. The van der Waals surface area contributed by atoms with Gasteiger partial charge in [-0.15, -0.1) is 10.3 Å². The van der Waals surface area contributed by atoms with Gasteiger partial charge in [0.15, 0.2) is 18.4 Å². The Kier molecular flexibility index (Phi) is 9.70. The number of carbonyl (C=O) groups is 5. The maximum atomic E-state index is 13.9. The van der Waals surface area contributed by atoms with E-state index in [1.807, 2.05) is 0 Å². The number of aliphatic hydroxyl groups is 1. The van der Waals surface area contributed by atoms with E-state index in [2.05, 4.69) is 0 Å². The van der Waals surface area contributed by atoms with Gasteiger partial charge in [0.25, 0.3) is 0 Å². The first-order chi connectivity index (χ1) is 25.5. The zero-order valence-electron chi connectivity index (χ0n) is 30.4. The minimum absolute atomic E-state index is 0.00474. The van der Waals surface area contributed by atoms with E-state index in [1.54, 1.807) is 19.2 Å². The van der Waals surface area contributed by atoms with Crippen LogP contribution in [0, 0.1) is 0 Å². The van der Waals surface area contributed by atoms with Crippen LogP contribution >= 0.6 is 0 Å². The molecule has 15 nitrogen and oxygen atoms in total. The largest absolute Gasteiger partial charge is 0.507 e. The molecule has 4 N–H and O–H groups in total. The van der Waals surface area contributed by atoms with Gasteiger partial charge in [-0.3, -0.25) is 14.4 Å². The van der Waals surface area contributed by atoms with Crippen molar-refractivity contribution < 1.29 is 76.6 Å². The van der Waals surface area contributed by atoms with Crippen molar-refractivity contribution in [2.45, 2.75) is 107 Å². The summed E-state index contributed by atoms with van der Waals surface area (Å²) in [5.41, 5.74) is -7.11. The summed E-state index contributed by atoms with van der Waals surface area (Å²) in [6, 6.07) is 2.52. The third-order valence-electron chi connectivity index (χ3n) is 10.5. The van der Waals surface area contributed by atoms with E-state index < -0.39 is 119 Å². The van der Waals surface area contributed by atoms with Gasteiger partial charge >= 0.3 is 18.1 Å². The lowest BCUT2D eigenvalue weighted by molar-refractivity contribution is -0.255. The summed E-state index contributed by atoms with van der Waals surface area (Å²) in [5.74, 6) is -6.88. The molecule has 1 fully saturated rings. The summed E-state index contributed by atoms with van der Waals surface area (Å²) in [4.78, 5) is 65.5. The van der Waals surface area contributed by atoms with Gasteiger partial charge in [0.05, 0.1) is 58.7 Å². The number of phenolic OH excluding ortho intramolecular Hbond substituents is 2. The third kappa shape index (κ3) is 6.54. The van der Waals surface area contributed by atoms with Gasteiger partial charge in [-0.1, -0.05) is 12.1 Å². The predicted molar refractivity (Wildman–Crippen MR) is 178 cm³/mol. The number of fused-ring (bicyclic) bond motifs is 3. The summed E-state index contributed by atoms with van der Waals surface area (Å²) in [7, 11) is 1.26. The second-order valence-corrected chi connectivity index (χ2v) is 15.1. The van der Waals surface area contributed by atoms with Gasteiger partial charge in [0, 0.05) is 36.0 Å². The number of alkyl halides is 3. The number of ether oxygens (including phenoxy) is 4. The molecule has 55 heavy (non-hydrogen) atoms. The van der Waals surface area contributed by atoms with E-state index in [4.69, 9.17) is 18.9 Å². The Labute approximate surface area is 311 Å². The molecule has 0 bridgehead atoms. The molecule has 0 aromatic heterocycles. The molecule has 1 radical (unpaired) electrons. The van der Waals surface area contributed by atoms with E-state index in [0.29, 0.717) is 5.06 Å². The van der Waals surface area contributed by atoms with Crippen LogP contribution in [0.4, 0.5) is 13.2 Å². The van der Waals surface area contributed by atoms with E-state index in [0.717, 1.165) is 0 Å². The van der Waals surface area contributed by atoms with Crippen LogP contribution in [-0.2, 0) is 40.2 Å². The smallest absolute Gasteiger partial charge is 0.471 e. The number of hydrogen-bond acceptors (Lipinski definition) is 13. The van der Waals surface area contributed by atoms with E-state index in [9.17, 15) is 57.7 Å². The van der Waals surface area contributed by atoms with Crippen LogP contribution in [0.5, 0.6) is 17.2 Å². The van der Waals surface area contributed by atoms with Crippen LogP contribution in [0.1, 0.15) is 96.5 Å². The number of halogens is 3. The normalized spacial score (nSPS) is 28.3. The summed E-state index contributed by atoms with van der Waals surface area (Å²) < 4.78 is 63.5. The molecule has 2 aromatic carbocycles. The molecule has 2 heterocycles. The second-order valence-electron chi connectivity index (χ2n) is 15.1. The highest BCUT2D eigenvalue weighted by molar-refractivity contribution is 6.31. The summed E-state index contributed by atoms with van der Waals surface area (Å²) in [6.07, 6.45) is -11.9. The van der Waals surface area contributed by atoms with Crippen molar-refractivity contribution in [1.82, 2.24) is 10.4 Å². The number of ketones is 2. The third-order valence-corrected chi connectivity index (χ3v) is 10.5. The number of benzene rings is 2. The number of phenols is 2. The lowest BCUT2D eigenvalue weighted by atomic mass is 9.73. The number of rotatable bonds is 7. The maximum absolute atomic E-state index is 13.9. The fourth-order valence-electron chi connectivity index (χ4n) is 7.95. The Bertz CT molecular complexity index is 2040. The molecule has 1 saturated heterocycles. The topological polar surface area (TPSA) is 218 Å². The zero-order chi connectivity index (χ0) is 40.7. The Morgan fingerprint density at radius 3 is 2.29 bits per heavy atom. The van der Waals surface area contributed by atoms with Crippen molar-refractivity contribution in [2.75, 3.05) is 7.11 Å². The van der Waals surface area contributed by atoms with E-state index >= 15 is 0 Å². The molecule has 6 atom stereocenters. The summed E-state index contributed by atoms with van der Waals surface area (Å²) >= 11 is 0. The number of carbonyl (C=O) groups excluding carboxylic acids is 5. The molecule has 6 rings (SSSR count). The first-order valence-corrected chi connectivity index (χ1v) is 17.1. The maximum Gasteiger partial charge on any atom is 0.471 e. The van der Waals surface area contributed by atoms with Gasteiger partial charge < -0.3 is 44.4 Å². The Hall–Kier alpha value is -4.88. The van der Waals surface area contributed by atoms with Crippen LogP contribution in [0.15, 0.2) is 29.8 Å². The Morgan fingerprint density at radius 1 is 1.05 bits per heavy atom. The highest BCUT2D eigenvalue weighted by atomic mass is 19.4. The molecule has 18 heteroatoms. The first kappa shape index (κ1) is 39.8. The molecule has 2 aliphatic carbocycles. The fraction of sp³-hybridized carbons (Fsp3) is 0.486. The van der Waals surface area contributed by atoms with Crippen LogP contribution in [0.3, 0.4) is 0 Å². The van der Waals surface area contributed by atoms with Crippen molar-refractivity contribution in [3.63, 3.8) is 0 Å². The number of nitrogens with one attached hydrogen (secondary N) is 1. The van der Waals surface area contributed by atoms with E-state index in [-0.39, 0.29) is 39.9 Å². The average molecular weight is 776 g/mol. The fourth-order valence-corrected chi connectivity index (χ4v) is 7.95. The Balaban J connectivity index is 1.37. The quantitative estimate of drug-likeness (QED) is 0.154. The van der Waals surface area contributed by atoms with Crippen LogP contribution in [-0.4, -0.2) is 105 Å². The molecular formula is C37H38F3N2O13. The highest BCUT2D eigenvalue weighted by Gasteiger charge is 2.53. The monoisotopic (exact) mass is 775 g/mol. The number of hydroxylamine groups is 2. The van der Waals surface area contributed by atoms with Gasteiger partial charge in [-0.2, -0.15) is 13.2 Å². The molecule has 4 aliphatic rings.